The van der Waals surface area contributed by atoms with Crippen molar-refractivity contribution >= 4 is 17.5 Å². The van der Waals surface area contributed by atoms with Crippen LogP contribution in [0.4, 0.5) is 0 Å². The monoisotopic (exact) mass is 296 g/mol. The number of rotatable bonds is 5. The summed E-state index contributed by atoms with van der Waals surface area (Å²) in [6, 6.07) is 5.42. The molecule has 0 bridgehead atoms. The van der Waals surface area contributed by atoms with Gasteiger partial charge in [-0.2, -0.15) is 0 Å². The molecule has 1 fully saturated rings. The molecular weight excluding hydrogens is 276 g/mol. The van der Waals surface area contributed by atoms with E-state index in [0.29, 0.717) is 16.3 Å². The molecule has 0 aromatic heterocycles. The van der Waals surface area contributed by atoms with Crippen LogP contribution in [0, 0.1) is 0 Å². The summed E-state index contributed by atoms with van der Waals surface area (Å²) in [7, 11) is 1.57. The first-order valence-electron chi connectivity index (χ1n) is 7.02. The van der Waals surface area contributed by atoms with Crippen LogP contribution in [0.1, 0.15) is 30.1 Å². The van der Waals surface area contributed by atoms with Gasteiger partial charge in [-0.15, -0.1) is 0 Å². The van der Waals surface area contributed by atoms with E-state index < -0.39 is 0 Å². The molecule has 110 valence electrons. The van der Waals surface area contributed by atoms with Gasteiger partial charge in [0.15, 0.2) is 0 Å². The molecule has 0 radical (unpaired) electrons. The third-order valence-electron chi connectivity index (χ3n) is 3.59. The van der Waals surface area contributed by atoms with Crippen molar-refractivity contribution in [3.8, 4) is 5.75 Å². The highest BCUT2D eigenvalue weighted by Gasteiger charge is 2.28. The van der Waals surface area contributed by atoms with E-state index in [1.807, 2.05) is 4.90 Å². The van der Waals surface area contributed by atoms with Gasteiger partial charge in [-0.1, -0.05) is 18.5 Å². The van der Waals surface area contributed by atoms with E-state index in [1.54, 1.807) is 25.3 Å². The molecule has 1 amide bonds. The minimum Gasteiger partial charge on any atom is -0.496 e. The van der Waals surface area contributed by atoms with Crippen molar-refractivity contribution in [2.45, 2.75) is 25.8 Å². The van der Waals surface area contributed by atoms with Crippen LogP contribution >= 0.6 is 11.6 Å². The largest absolute Gasteiger partial charge is 0.496 e. The molecule has 4 nitrogen and oxygen atoms in total. The summed E-state index contributed by atoms with van der Waals surface area (Å²) in [6.07, 6.45) is 1.93. The third-order valence-corrected chi connectivity index (χ3v) is 3.83. The van der Waals surface area contributed by atoms with Crippen LogP contribution in [0.5, 0.6) is 5.75 Å². The van der Waals surface area contributed by atoms with Gasteiger partial charge in [0.2, 0.25) is 0 Å². The first-order valence-corrected chi connectivity index (χ1v) is 7.40. The molecule has 5 heteroatoms. The van der Waals surface area contributed by atoms with Crippen LogP contribution in [0.3, 0.4) is 0 Å². The highest BCUT2D eigenvalue weighted by atomic mass is 35.5. The maximum Gasteiger partial charge on any atom is 0.257 e. The highest BCUT2D eigenvalue weighted by Crippen LogP contribution is 2.25. The van der Waals surface area contributed by atoms with E-state index in [-0.39, 0.29) is 11.9 Å². The predicted octanol–water partition coefficient (Wildman–Crippen LogP) is 2.56. The maximum atomic E-state index is 12.8. The van der Waals surface area contributed by atoms with Crippen molar-refractivity contribution in [3.05, 3.63) is 28.8 Å². The van der Waals surface area contributed by atoms with Crippen LogP contribution in [0.15, 0.2) is 18.2 Å². The summed E-state index contributed by atoms with van der Waals surface area (Å²) in [6.45, 7) is 4.65. The lowest BCUT2D eigenvalue weighted by Crippen LogP contribution is -2.42. The Hall–Kier alpha value is -1.26. The number of nitrogens with one attached hydrogen (secondary N) is 1. The van der Waals surface area contributed by atoms with Crippen molar-refractivity contribution < 1.29 is 9.53 Å². The third kappa shape index (κ3) is 3.25. The van der Waals surface area contributed by atoms with Crippen molar-refractivity contribution in [1.82, 2.24) is 10.2 Å². The number of amides is 1. The Morgan fingerprint density at radius 2 is 2.35 bits per heavy atom. The number of carbonyl (C=O) groups excluding carboxylic acids is 1. The van der Waals surface area contributed by atoms with Gasteiger partial charge in [-0.25, -0.2) is 0 Å². The summed E-state index contributed by atoms with van der Waals surface area (Å²) in [4.78, 5) is 14.8. The zero-order chi connectivity index (χ0) is 14.5. The number of ether oxygens (including phenoxy) is 1. The van der Waals surface area contributed by atoms with Crippen LogP contribution in [-0.4, -0.2) is 43.6 Å². The van der Waals surface area contributed by atoms with Crippen molar-refractivity contribution in [2.75, 3.05) is 26.7 Å². The van der Waals surface area contributed by atoms with Gasteiger partial charge in [0.05, 0.1) is 12.7 Å². The smallest absolute Gasteiger partial charge is 0.257 e. The fourth-order valence-electron chi connectivity index (χ4n) is 2.60. The Morgan fingerprint density at radius 3 is 2.95 bits per heavy atom. The highest BCUT2D eigenvalue weighted by molar-refractivity contribution is 6.31. The molecular formula is C15H21ClN2O2. The van der Waals surface area contributed by atoms with Crippen LogP contribution in [0.2, 0.25) is 5.02 Å². The fourth-order valence-corrected chi connectivity index (χ4v) is 2.77. The number of carbonyl (C=O) groups is 1. The Bertz CT molecular complexity index is 473. The average Bonchev–Trinajstić information content (AvgIpc) is 2.98. The molecule has 0 aliphatic carbocycles. The zero-order valence-corrected chi connectivity index (χ0v) is 12.7. The number of hydrogen-bond donors (Lipinski definition) is 1. The summed E-state index contributed by atoms with van der Waals surface area (Å²) in [5, 5.41) is 3.86. The van der Waals surface area contributed by atoms with Crippen LogP contribution < -0.4 is 10.1 Å². The molecule has 20 heavy (non-hydrogen) atoms. The average molecular weight is 297 g/mol. The van der Waals surface area contributed by atoms with E-state index in [1.165, 1.54) is 0 Å². The van der Waals surface area contributed by atoms with E-state index in [0.717, 1.165) is 32.5 Å². The van der Waals surface area contributed by atoms with E-state index in [2.05, 4.69) is 12.2 Å². The van der Waals surface area contributed by atoms with Gasteiger partial charge >= 0.3 is 0 Å². The Labute approximate surface area is 125 Å². The van der Waals surface area contributed by atoms with Crippen molar-refractivity contribution in [1.29, 1.82) is 0 Å². The number of benzene rings is 1. The lowest BCUT2D eigenvalue weighted by atomic mass is 10.1. The molecule has 1 aliphatic rings. The number of halogens is 1. The Morgan fingerprint density at radius 1 is 1.55 bits per heavy atom. The summed E-state index contributed by atoms with van der Waals surface area (Å²) in [5.41, 5.74) is 0.542. The molecule has 0 spiro atoms. The minimum absolute atomic E-state index is 0.0000926. The second-order valence-corrected chi connectivity index (χ2v) is 5.43. The normalized spacial score (nSPS) is 18.1. The zero-order valence-electron chi connectivity index (χ0n) is 12.0. The topological polar surface area (TPSA) is 41.6 Å². The van der Waals surface area contributed by atoms with Crippen molar-refractivity contribution in [2.24, 2.45) is 0 Å². The standard InChI is InChI=1S/C15H21ClN2O2/c1-3-8-18(12-6-7-17-10-12)15(19)13-9-11(16)4-5-14(13)20-2/h4-5,9,12,17H,3,6-8,10H2,1-2H3. The minimum atomic E-state index is -0.0000926. The molecule has 1 aromatic rings. The van der Waals surface area contributed by atoms with Crippen LogP contribution in [0.25, 0.3) is 0 Å². The number of nitrogens with zero attached hydrogens (tertiary/aromatic N) is 1. The van der Waals surface area contributed by atoms with Crippen LogP contribution in [-0.2, 0) is 0 Å². The van der Waals surface area contributed by atoms with Gasteiger partial charge in [-0.3, -0.25) is 4.79 Å². The van der Waals surface area contributed by atoms with E-state index >= 15 is 0 Å². The summed E-state index contributed by atoms with van der Waals surface area (Å²) < 4.78 is 5.29. The molecule has 2 rings (SSSR count). The fraction of sp³-hybridized carbons (Fsp3) is 0.533. The Balaban J connectivity index is 2.28. The quantitative estimate of drug-likeness (QED) is 0.908. The van der Waals surface area contributed by atoms with E-state index in [9.17, 15) is 4.79 Å². The van der Waals surface area contributed by atoms with E-state index in [4.69, 9.17) is 16.3 Å². The first kappa shape index (κ1) is 15.1. The SMILES string of the molecule is CCCN(C(=O)c1cc(Cl)ccc1OC)C1CCNC1. The lowest BCUT2D eigenvalue weighted by molar-refractivity contribution is 0.0689. The molecule has 1 atom stereocenters. The summed E-state index contributed by atoms with van der Waals surface area (Å²) >= 11 is 6.02. The molecule has 1 heterocycles. The second-order valence-electron chi connectivity index (χ2n) is 4.99. The molecule has 1 aliphatic heterocycles. The van der Waals surface area contributed by atoms with Gasteiger partial charge in [0.1, 0.15) is 5.75 Å². The molecule has 1 aromatic carbocycles. The Kier molecular flexibility index (Phi) is 5.26. The maximum absolute atomic E-state index is 12.8. The van der Waals surface area contributed by atoms with Gasteiger partial charge in [0.25, 0.3) is 5.91 Å². The van der Waals surface area contributed by atoms with Crippen molar-refractivity contribution in [3.63, 3.8) is 0 Å². The molecule has 1 saturated heterocycles. The molecule has 0 saturated carbocycles. The second kappa shape index (κ2) is 6.95. The summed E-state index contributed by atoms with van der Waals surface area (Å²) in [5.74, 6) is 0.575. The molecule has 1 unspecified atom stereocenters. The number of methoxy groups -OCH3 is 1. The number of hydrogen-bond acceptors (Lipinski definition) is 3. The first-order chi connectivity index (χ1) is 9.67. The predicted molar refractivity (Wildman–Crippen MR) is 80.6 cm³/mol. The lowest BCUT2D eigenvalue weighted by Gasteiger charge is -2.29. The van der Waals surface area contributed by atoms with Gasteiger partial charge in [0, 0.05) is 24.2 Å². The van der Waals surface area contributed by atoms with Gasteiger partial charge in [-0.05, 0) is 37.6 Å². The van der Waals surface area contributed by atoms with Gasteiger partial charge < -0.3 is 15.0 Å². The molecule has 1 N–H and O–H groups in total.